The summed E-state index contributed by atoms with van der Waals surface area (Å²) in [6.07, 6.45) is -4.80. The summed E-state index contributed by atoms with van der Waals surface area (Å²) in [5, 5.41) is 33.4. The van der Waals surface area contributed by atoms with Crippen LogP contribution in [0.4, 0.5) is 30.2 Å². The first-order valence-electron chi connectivity index (χ1n) is 26.0. The third kappa shape index (κ3) is 8.54. The van der Waals surface area contributed by atoms with Crippen molar-refractivity contribution in [3.05, 3.63) is 263 Å². The smallest absolute Gasteiger partial charge is 0.309 e. The zero-order chi connectivity index (χ0) is 57.8. The summed E-state index contributed by atoms with van der Waals surface area (Å²) in [6.45, 7) is 23.8. The molecule has 0 fully saturated rings. The highest BCUT2D eigenvalue weighted by molar-refractivity contribution is 6.13. The molecule has 11 nitrogen and oxygen atoms in total. The number of aromatic nitrogens is 5. The number of rotatable bonds is 8. The molecule has 0 spiro atoms. The van der Waals surface area contributed by atoms with Crippen LogP contribution in [0.5, 0.6) is 0 Å². The topological polar surface area (TPSA) is 133 Å². The summed E-state index contributed by atoms with van der Waals surface area (Å²) >= 11 is 0. The quantitative estimate of drug-likeness (QED) is 0.139. The van der Waals surface area contributed by atoms with Crippen molar-refractivity contribution in [1.82, 2.24) is 24.1 Å². The van der Waals surface area contributed by atoms with Crippen molar-refractivity contribution in [2.75, 3.05) is 0 Å². The first-order chi connectivity index (χ1) is 41.0. The summed E-state index contributed by atoms with van der Waals surface area (Å²) < 4.78 is 50.6. The lowest BCUT2D eigenvalue weighted by Crippen LogP contribution is -2.08. The van der Waals surface area contributed by atoms with Crippen molar-refractivity contribution in [3.8, 4) is 97.1 Å². The minimum Gasteiger partial charge on any atom is -0.309 e. The number of benzene rings is 10. The van der Waals surface area contributed by atoms with E-state index in [1.54, 1.807) is 12.1 Å². The van der Waals surface area contributed by atoms with Crippen LogP contribution in [0, 0.1) is 53.7 Å². The molecule has 3 aromatic heterocycles. The summed E-state index contributed by atoms with van der Waals surface area (Å²) in [4.78, 5) is 26.0. The standard InChI is InChI=1S/C70H34F3N11/c1-77-50-32-48(40-76)66(58(37-50)79-3)45-23-27-61-54(34-45)51-18-10-12-20-59(51)83(61)63-28-24-46(69-81-67(42-14-6-4-7-15-42)80-68(82-69)43-16-8-5-9-17-43)35-55(63)56-36-49(70(71,72)73)25-29-64(56)84-60-21-13-11-19-52(60)53-33-44(22-26-62(53)84)65-47(39-75)30-41(38-74)31-57(65)78-2/h4-37H. The zero-order valence-corrected chi connectivity index (χ0v) is 43.7. The SMILES string of the molecule is [C-]#[N+]c1cc(C#N)c(-c2ccc3c(c2)c2ccccc2n3-c2ccc(-c3nc(-c4ccccc4)nc(-c4ccccc4)n3)cc2-c2cc(C(F)(F)F)ccc2-n2c3ccccc3c3cc(-c4c(C#N)cc(C#N)cc4[N+]#[C-])ccc32)c([N+]#[C-])c1. The Morgan fingerprint density at radius 1 is 0.393 bits per heavy atom. The fourth-order valence-corrected chi connectivity index (χ4v) is 11.2. The highest BCUT2D eigenvalue weighted by Gasteiger charge is 2.33. The minimum absolute atomic E-state index is 0.118. The number of alkyl halides is 3. The van der Waals surface area contributed by atoms with Crippen LogP contribution >= 0.6 is 0 Å². The molecule has 0 aliphatic rings. The number of halogens is 3. The molecule has 13 rings (SSSR count). The number of fused-ring (bicyclic) bond motifs is 6. The first-order valence-corrected chi connectivity index (χ1v) is 26.0. The second-order valence-corrected chi connectivity index (χ2v) is 19.6. The minimum atomic E-state index is -4.80. The summed E-state index contributed by atoms with van der Waals surface area (Å²) in [6, 6.07) is 66.5. The normalized spacial score (nSPS) is 11.2. The van der Waals surface area contributed by atoms with Gasteiger partial charge in [0.25, 0.3) is 0 Å². The van der Waals surface area contributed by atoms with E-state index < -0.39 is 11.7 Å². The molecule has 0 aliphatic carbocycles. The third-order valence-electron chi connectivity index (χ3n) is 14.9. The third-order valence-corrected chi connectivity index (χ3v) is 14.9. The molecule has 13 aromatic rings. The Bertz CT molecular complexity index is 5080. The van der Waals surface area contributed by atoms with Crippen molar-refractivity contribution >= 4 is 60.7 Å². The van der Waals surface area contributed by atoms with Crippen LogP contribution in [0.1, 0.15) is 22.3 Å². The largest absolute Gasteiger partial charge is 0.416 e. The van der Waals surface area contributed by atoms with Crippen molar-refractivity contribution in [3.63, 3.8) is 0 Å². The van der Waals surface area contributed by atoms with Gasteiger partial charge in [-0.25, -0.2) is 29.5 Å². The average molecular weight is 1090 g/mol. The maximum atomic E-state index is 15.6. The molecular weight excluding hydrogens is 1050 g/mol. The Morgan fingerprint density at radius 2 is 0.845 bits per heavy atom. The van der Waals surface area contributed by atoms with Crippen molar-refractivity contribution in [2.24, 2.45) is 0 Å². The Morgan fingerprint density at radius 3 is 1.35 bits per heavy atom. The van der Waals surface area contributed by atoms with Gasteiger partial charge in [0.1, 0.15) is 0 Å². The monoisotopic (exact) mass is 1090 g/mol. The van der Waals surface area contributed by atoms with Gasteiger partial charge in [-0.1, -0.05) is 115 Å². The van der Waals surface area contributed by atoms with Crippen LogP contribution in [-0.2, 0) is 6.18 Å². The fraction of sp³-hybridized carbons (Fsp3) is 0.0143. The molecule has 390 valence electrons. The Kier molecular flexibility index (Phi) is 12.3. The van der Waals surface area contributed by atoms with E-state index in [1.807, 2.05) is 167 Å². The van der Waals surface area contributed by atoms with E-state index in [0.29, 0.717) is 83.9 Å². The molecular formula is C70H34F3N11. The molecule has 0 unspecified atom stereocenters. The molecule has 84 heavy (non-hydrogen) atoms. The van der Waals surface area contributed by atoms with Gasteiger partial charge < -0.3 is 9.13 Å². The summed E-state index contributed by atoms with van der Waals surface area (Å²) in [7, 11) is 0. The van der Waals surface area contributed by atoms with Gasteiger partial charge in [0, 0.05) is 71.6 Å². The molecule has 0 radical (unpaired) electrons. The molecule has 0 amide bonds. The van der Waals surface area contributed by atoms with Crippen molar-refractivity contribution < 1.29 is 13.2 Å². The summed E-state index contributed by atoms with van der Waals surface area (Å²) in [5.74, 6) is 1.01. The van der Waals surface area contributed by atoms with E-state index in [4.69, 9.17) is 34.7 Å². The maximum Gasteiger partial charge on any atom is 0.416 e. The molecule has 0 aliphatic heterocycles. The van der Waals surface area contributed by atoms with Gasteiger partial charge in [-0.3, -0.25) is 0 Å². The average Bonchev–Trinajstić information content (AvgIpc) is 2.34. The number of para-hydroxylation sites is 2. The fourth-order valence-electron chi connectivity index (χ4n) is 11.2. The first kappa shape index (κ1) is 51.0. The van der Waals surface area contributed by atoms with E-state index in [1.165, 1.54) is 30.3 Å². The lowest BCUT2D eigenvalue weighted by molar-refractivity contribution is -0.137. The Labute approximate surface area is 477 Å². The second-order valence-electron chi connectivity index (χ2n) is 19.6. The van der Waals surface area contributed by atoms with Crippen LogP contribution in [0.15, 0.2) is 206 Å². The van der Waals surface area contributed by atoms with E-state index in [-0.39, 0.29) is 45.1 Å². The van der Waals surface area contributed by atoms with Gasteiger partial charge in [-0.05, 0) is 102 Å². The van der Waals surface area contributed by atoms with Crippen LogP contribution in [0.2, 0.25) is 0 Å². The molecule has 0 saturated carbocycles. The van der Waals surface area contributed by atoms with E-state index >= 15 is 13.2 Å². The Balaban J connectivity index is 1.13. The molecule has 0 bridgehead atoms. The lowest BCUT2D eigenvalue weighted by atomic mass is 9.95. The van der Waals surface area contributed by atoms with Gasteiger partial charge in [-0.2, -0.15) is 29.0 Å². The van der Waals surface area contributed by atoms with Gasteiger partial charge in [0.05, 0.1) is 82.5 Å². The van der Waals surface area contributed by atoms with Gasteiger partial charge in [-0.15, -0.1) is 0 Å². The molecule has 3 heterocycles. The number of nitrogens with zero attached hydrogens (tertiary/aromatic N) is 11. The van der Waals surface area contributed by atoms with E-state index in [9.17, 15) is 15.8 Å². The molecule has 14 heteroatoms. The van der Waals surface area contributed by atoms with Crippen molar-refractivity contribution in [1.29, 1.82) is 15.8 Å². The van der Waals surface area contributed by atoms with Crippen LogP contribution in [0.25, 0.3) is 137 Å². The van der Waals surface area contributed by atoms with Gasteiger partial charge >= 0.3 is 6.18 Å². The van der Waals surface area contributed by atoms with Crippen LogP contribution < -0.4 is 0 Å². The van der Waals surface area contributed by atoms with Gasteiger partial charge in [0.2, 0.25) is 0 Å². The number of nitriles is 3. The predicted molar refractivity (Wildman–Crippen MR) is 319 cm³/mol. The highest BCUT2D eigenvalue weighted by Crippen LogP contribution is 2.47. The highest BCUT2D eigenvalue weighted by atomic mass is 19.4. The van der Waals surface area contributed by atoms with E-state index in [2.05, 4.69) is 26.7 Å². The zero-order valence-electron chi connectivity index (χ0n) is 43.7. The molecule has 0 saturated heterocycles. The molecule has 10 aromatic carbocycles. The van der Waals surface area contributed by atoms with Gasteiger partial charge in [0.15, 0.2) is 34.5 Å². The van der Waals surface area contributed by atoms with Crippen LogP contribution in [-0.4, -0.2) is 24.1 Å². The van der Waals surface area contributed by atoms with Crippen LogP contribution in [0.3, 0.4) is 0 Å². The Hall–Kier alpha value is -12.5. The number of hydrogen-bond donors (Lipinski definition) is 0. The van der Waals surface area contributed by atoms with E-state index in [0.717, 1.165) is 39.4 Å². The molecule has 0 atom stereocenters. The predicted octanol–water partition coefficient (Wildman–Crippen LogP) is 18.4. The second kappa shape index (κ2) is 20.3. The number of hydrogen-bond acceptors (Lipinski definition) is 6. The van der Waals surface area contributed by atoms with Crippen molar-refractivity contribution in [2.45, 2.75) is 6.18 Å². The maximum absolute atomic E-state index is 15.6. The molecule has 0 N–H and O–H groups in total. The summed E-state index contributed by atoms with van der Waals surface area (Å²) in [5.41, 5.74) is 7.70. The lowest BCUT2D eigenvalue weighted by Gasteiger charge is -2.21.